The average molecular weight is 263 g/mol. The van der Waals surface area contributed by atoms with Crippen molar-refractivity contribution in [3.8, 4) is 0 Å². The van der Waals surface area contributed by atoms with Crippen LogP contribution in [0.25, 0.3) is 0 Å². The lowest BCUT2D eigenvalue weighted by Gasteiger charge is -2.23. The molecular weight excluding hydrogens is 246 g/mol. The van der Waals surface area contributed by atoms with Gasteiger partial charge in [-0.1, -0.05) is 24.3 Å². The molecule has 0 spiro atoms. The first kappa shape index (κ1) is 13.5. The first-order valence-corrected chi connectivity index (χ1v) is 7.44. The summed E-state index contributed by atoms with van der Waals surface area (Å²) in [6, 6.07) is 7.51. The van der Waals surface area contributed by atoms with Crippen molar-refractivity contribution in [3.63, 3.8) is 0 Å². The summed E-state index contributed by atoms with van der Waals surface area (Å²) in [5.41, 5.74) is 1.91. The summed E-state index contributed by atoms with van der Waals surface area (Å²) in [5.74, 6) is -0.112. The molecule has 0 fully saturated rings. The molecule has 0 aliphatic heterocycles. The zero-order valence-corrected chi connectivity index (χ0v) is 11.3. The Morgan fingerprint density at radius 3 is 1.88 bits per heavy atom. The van der Waals surface area contributed by atoms with E-state index in [1.165, 1.54) is 5.56 Å². The second-order valence-electron chi connectivity index (χ2n) is 4.95. The van der Waals surface area contributed by atoms with Crippen LogP contribution in [0.2, 0.25) is 0 Å². The van der Waals surface area contributed by atoms with E-state index < -0.39 is 9.05 Å². The summed E-state index contributed by atoms with van der Waals surface area (Å²) < 4.78 is 22.6. The number of rotatable bonds is 4. The average Bonchev–Trinajstić information content (AvgIpc) is 2.03. The first-order valence-electron chi connectivity index (χ1n) is 4.96. The van der Waals surface area contributed by atoms with Crippen LogP contribution in [0.5, 0.6) is 0 Å². The van der Waals surface area contributed by atoms with E-state index in [0.717, 1.165) is 16.6 Å². The van der Waals surface area contributed by atoms with E-state index in [4.69, 9.17) is 10.7 Å². The zero-order valence-electron chi connectivity index (χ0n) is 9.77. The summed E-state index contributed by atoms with van der Waals surface area (Å²) in [7, 11) is 8.05. The summed E-state index contributed by atoms with van der Waals surface area (Å²) in [6.07, 6.45) is 0. The summed E-state index contributed by atoms with van der Waals surface area (Å²) in [6.45, 7) is 0.911. The third-order valence-electron chi connectivity index (χ3n) is 2.02. The number of hydrogen-bond acceptors (Lipinski definition) is 2. The molecule has 16 heavy (non-hydrogen) atoms. The van der Waals surface area contributed by atoms with Crippen LogP contribution in [0.1, 0.15) is 11.1 Å². The lowest BCUT2D eigenvalue weighted by atomic mass is 10.1. The second kappa shape index (κ2) is 4.73. The Labute approximate surface area is 102 Å². The van der Waals surface area contributed by atoms with Crippen LogP contribution in [-0.2, 0) is 21.3 Å². The van der Waals surface area contributed by atoms with Gasteiger partial charge in [0.05, 0.1) is 26.9 Å². The fourth-order valence-corrected chi connectivity index (χ4v) is 2.46. The van der Waals surface area contributed by atoms with Gasteiger partial charge in [-0.25, -0.2) is 8.42 Å². The highest BCUT2D eigenvalue weighted by atomic mass is 35.7. The molecular formula is C11H17ClNO2S+. The molecule has 3 nitrogen and oxygen atoms in total. The fraction of sp³-hybridized carbons (Fsp3) is 0.455. The van der Waals surface area contributed by atoms with E-state index in [2.05, 4.69) is 21.1 Å². The predicted octanol–water partition coefficient (Wildman–Crippen LogP) is 1.96. The SMILES string of the molecule is C[N+](C)(C)Cc1ccc(CS(=O)(=O)Cl)cc1. The molecule has 0 saturated heterocycles. The molecule has 0 saturated carbocycles. The molecule has 1 aromatic rings. The highest BCUT2D eigenvalue weighted by molar-refractivity contribution is 8.13. The Hall–Kier alpha value is -0.580. The lowest BCUT2D eigenvalue weighted by molar-refractivity contribution is -0.884. The van der Waals surface area contributed by atoms with Crippen molar-refractivity contribution in [1.82, 2.24) is 0 Å². The van der Waals surface area contributed by atoms with Crippen LogP contribution in [-0.4, -0.2) is 34.0 Å². The molecule has 0 bridgehead atoms. The predicted molar refractivity (Wildman–Crippen MR) is 66.7 cm³/mol. The molecule has 0 heterocycles. The Morgan fingerprint density at radius 2 is 1.50 bits per heavy atom. The molecule has 1 aromatic carbocycles. The number of quaternary nitrogens is 1. The van der Waals surface area contributed by atoms with Crippen molar-refractivity contribution in [2.24, 2.45) is 0 Å². The molecule has 0 N–H and O–H groups in total. The van der Waals surface area contributed by atoms with Gasteiger partial charge in [-0.15, -0.1) is 0 Å². The number of nitrogens with zero attached hydrogens (tertiary/aromatic N) is 1. The van der Waals surface area contributed by atoms with Crippen molar-refractivity contribution in [1.29, 1.82) is 0 Å². The van der Waals surface area contributed by atoms with E-state index in [9.17, 15) is 8.42 Å². The van der Waals surface area contributed by atoms with Crippen LogP contribution in [0.15, 0.2) is 24.3 Å². The topological polar surface area (TPSA) is 34.1 Å². The van der Waals surface area contributed by atoms with Crippen molar-refractivity contribution >= 4 is 19.7 Å². The number of benzene rings is 1. The zero-order chi connectivity index (χ0) is 12.4. The maximum absolute atomic E-state index is 10.9. The van der Waals surface area contributed by atoms with E-state index in [0.29, 0.717) is 0 Å². The molecule has 0 aliphatic carbocycles. The quantitative estimate of drug-likeness (QED) is 0.614. The van der Waals surface area contributed by atoms with Crippen molar-refractivity contribution in [2.75, 3.05) is 21.1 Å². The van der Waals surface area contributed by atoms with Crippen LogP contribution >= 0.6 is 10.7 Å². The molecule has 0 amide bonds. The Balaban J connectivity index is 2.76. The molecule has 0 atom stereocenters. The molecule has 0 radical (unpaired) electrons. The first-order chi connectivity index (χ1) is 7.16. The van der Waals surface area contributed by atoms with Gasteiger partial charge < -0.3 is 4.48 Å². The number of hydrogen-bond donors (Lipinski definition) is 0. The van der Waals surface area contributed by atoms with Gasteiger partial charge in [0.25, 0.3) is 0 Å². The molecule has 0 aromatic heterocycles. The third-order valence-corrected chi connectivity index (χ3v) is 3.02. The van der Waals surface area contributed by atoms with Gasteiger partial charge >= 0.3 is 0 Å². The normalized spacial score (nSPS) is 12.8. The van der Waals surface area contributed by atoms with E-state index >= 15 is 0 Å². The molecule has 0 unspecified atom stereocenters. The van der Waals surface area contributed by atoms with E-state index in [1.54, 1.807) is 0 Å². The van der Waals surface area contributed by atoms with Crippen LogP contribution in [0, 0.1) is 0 Å². The van der Waals surface area contributed by atoms with Gasteiger partial charge in [0.2, 0.25) is 9.05 Å². The molecule has 1 rings (SSSR count). The Kier molecular flexibility index (Phi) is 3.99. The van der Waals surface area contributed by atoms with E-state index in [1.807, 2.05) is 24.3 Å². The second-order valence-corrected chi connectivity index (χ2v) is 7.73. The van der Waals surface area contributed by atoms with Gasteiger partial charge in [-0.3, -0.25) is 0 Å². The minimum atomic E-state index is -3.46. The van der Waals surface area contributed by atoms with Gasteiger partial charge in [0.1, 0.15) is 6.54 Å². The van der Waals surface area contributed by atoms with Crippen LogP contribution in [0.3, 0.4) is 0 Å². The minimum absolute atomic E-state index is 0.112. The van der Waals surface area contributed by atoms with Gasteiger partial charge in [0, 0.05) is 16.2 Å². The Bertz CT molecular complexity index is 446. The van der Waals surface area contributed by atoms with Crippen molar-refractivity contribution in [3.05, 3.63) is 35.4 Å². The summed E-state index contributed by atoms with van der Waals surface area (Å²) >= 11 is 0. The molecule has 0 aliphatic rings. The smallest absolute Gasteiger partial charge is 0.236 e. The fourth-order valence-electron chi connectivity index (χ4n) is 1.49. The van der Waals surface area contributed by atoms with Gasteiger partial charge in [-0.2, -0.15) is 0 Å². The van der Waals surface area contributed by atoms with Gasteiger partial charge in [-0.05, 0) is 5.56 Å². The third kappa shape index (κ3) is 5.49. The highest BCUT2D eigenvalue weighted by Gasteiger charge is 2.10. The monoisotopic (exact) mass is 262 g/mol. The molecule has 5 heteroatoms. The summed E-state index contributed by atoms with van der Waals surface area (Å²) in [5, 5.41) is 0. The largest absolute Gasteiger partial charge is 0.327 e. The lowest BCUT2D eigenvalue weighted by Crippen LogP contribution is -2.33. The standard InChI is InChI=1S/C11H17ClNO2S/c1-13(2,3)8-10-4-6-11(7-5-10)9-16(12,14)15/h4-7H,8-9H2,1-3H3/q+1. The van der Waals surface area contributed by atoms with E-state index in [-0.39, 0.29) is 5.75 Å². The summed E-state index contributed by atoms with van der Waals surface area (Å²) in [4.78, 5) is 0. The minimum Gasteiger partial charge on any atom is -0.327 e. The maximum atomic E-state index is 10.9. The van der Waals surface area contributed by atoms with Crippen molar-refractivity contribution < 1.29 is 12.9 Å². The van der Waals surface area contributed by atoms with Crippen LogP contribution in [0.4, 0.5) is 0 Å². The highest BCUT2D eigenvalue weighted by Crippen LogP contribution is 2.13. The molecule has 90 valence electrons. The van der Waals surface area contributed by atoms with Gasteiger partial charge in [0.15, 0.2) is 0 Å². The maximum Gasteiger partial charge on any atom is 0.236 e. The van der Waals surface area contributed by atoms with Crippen molar-refractivity contribution in [2.45, 2.75) is 12.3 Å². The Morgan fingerprint density at radius 1 is 1.06 bits per heavy atom. The van der Waals surface area contributed by atoms with Crippen LogP contribution < -0.4 is 0 Å². The number of halogens is 1.